The highest BCUT2D eigenvalue weighted by atomic mass is 31.2. The summed E-state index contributed by atoms with van der Waals surface area (Å²) in [6.45, 7) is -8.92. The van der Waals surface area contributed by atoms with Crippen LogP contribution in [0.3, 0.4) is 0 Å². The molecule has 2 amide bonds. The Balaban J connectivity index is 1.89. The van der Waals surface area contributed by atoms with Gasteiger partial charge in [-0.15, -0.1) is 0 Å². The van der Waals surface area contributed by atoms with E-state index in [-0.39, 0.29) is 6.47 Å². The molecule has 0 aliphatic carbocycles. The summed E-state index contributed by atoms with van der Waals surface area (Å²) in [6, 6.07) is -4.31. The van der Waals surface area contributed by atoms with Crippen molar-refractivity contribution in [2.45, 2.75) is 160 Å². The van der Waals surface area contributed by atoms with E-state index in [1.54, 1.807) is 0 Å². The summed E-state index contributed by atoms with van der Waals surface area (Å²) < 4.78 is 89.4. The van der Waals surface area contributed by atoms with Gasteiger partial charge in [0.05, 0.1) is 84.3 Å². The quantitative estimate of drug-likeness (QED) is 0.00978. The van der Waals surface area contributed by atoms with E-state index < -0.39 is 264 Å². The molecule has 0 saturated carbocycles. The van der Waals surface area contributed by atoms with Crippen LogP contribution in [0.4, 0.5) is 0 Å². The molecule has 42 heteroatoms. The Kier molecular flexibility index (Phi) is 27.0. The van der Waals surface area contributed by atoms with E-state index in [1.165, 1.54) is 0 Å². The number of hydrogen-bond acceptors (Lipinski definition) is 32. The molecule has 20 atom stereocenters. The Morgan fingerprint density at radius 1 is 0.614 bits per heavy atom. The molecule has 0 aromatic carbocycles. The number of carboxylic acids is 2. The maximum Gasteiger partial charge on any atom is 0.472 e. The molecule has 0 aromatic heterocycles. The Hall–Kier alpha value is -4.21. The van der Waals surface area contributed by atoms with Crippen molar-refractivity contribution in [3.63, 3.8) is 0 Å². The summed E-state index contributed by atoms with van der Waals surface area (Å²) in [5, 5.41) is 139. The zero-order valence-corrected chi connectivity index (χ0v) is 44.7. The first-order chi connectivity index (χ1) is 38.8. The first kappa shape index (κ1) is 71.3. The van der Waals surface area contributed by atoms with Gasteiger partial charge < -0.3 is 144 Å². The van der Waals surface area contributed by atoms with Gasteiger partial charge in [-0.05, 0) is 0 Å². The molecular formula is C41H66N2O38P2. The van der Waals surface area contributed by atoms with E-state index in [0.29, 0.717) is 0 Å². The first-order valence-electron chi connectivity index (χ1n) is 24.5. The topological polar surface area (TPSA) is 632 Å². The second kappa shape index (κ2) is 31.4. The van der Waals surface area contributed by atoms with Gasteiger partial charge in [-0.25, -0.2) is 18.7 Å². The number of aliphatic carboxylic acids is 2. The molecule has 4 heterocycles. The third-order valence-corrected chi connectivity index (χ3v) is 13.6. The molecule has 4 saturated heterocycles. The molecule has 19 N–H and O–H groups in total. The van der Waals surface area contributed by atoms with Crippen molar-refractivity contribution in [3.8, 4) is 0 Å². The SMILES string of the molecule is O=COCCC(=O)N[C@H]1[C@H](OC[C@H]2O[C@H](OP(=O)(O)O)[C@H](NC(=O)CCO)[C@@H](OC(=O)CCO)[C@@H]2O)O[C@H](CO[C@]2(C(=O)O)C[C@@H](O[C@]3(C(=O)O)C[C@@H](O)[C@@H](O)[C@@H]([C@H](O)CO)O3)[C@@H](O)[C@@H]([C@H](O)CO)O2)[C@@H](OP(=O)(O)O)[C@@H]1OC(=O)CCO. The second-order valence-corrected chi connectivity index (χ2v) is 20.9. The summed E-state index contributed by atoms with van der Waals surface area (Å²) in [4.78, 5) is 130. The van der Waals surface area contributed by atoms with Crippen LogP contribution in [0.2, 0.25) is 0 Å². The molecule has 83 heavy (non-hydrogen) atoms. The molecule has 4 aliphatic heterocycles. The molecule has 4 fully saturated rings. The van der Waals surface area contributed by atoms with Crippen molar-refractivity contribution in [3.05, 3.63) is 0 Å². The summed E-state index contributed by atoms with van der Waals surface area (Å²) in [7, 11) is -11.7. The van der Waals surface area contributed by atoms with E-state index >= 15 is 0 Å². The lowest BCUT2D eigenvalue weighted by Crippen LogP contribution is -2.69. The van der Waals surface area contributed by atoms with Crippen LogP contribution in [0.5, 0.6) is 0 Å². The zero-order chi connectivity index (χ0) is 62.4. The van der Waals surface area contributed by atoms with Crippen LogP contribution in [0.25, 0.3) is 0 Å². The molecule has 4 rings (SSSR count). The standard InChI is InChI=1S/C41H66N2O38P2/c44-5-1-22(53)42-26-34(75-24(55)2-6-45)30(59)20(73-37(26)81-83(67,68)69)13-71-36-27(43-23(54)4-8-70-15-49)35(76-25(56)3-7-46)33(80-82(64,65)66)21(74-36)14-72-40(38(60)61)10-19(29(58)32(78-40)18(52)12-48)77-41(39(62)63)9-16(50)28(57)31(79-41)17(51)11-47/h15-21,26-37,44-48,50-52,57-59H,1-14H2,(H,42,53)(H,43,54)(H,60,61)(H,62,63)(H2,64,65,66)(H2,67,68,69)/t16-,17-,18-,19-,20-,21-,26-,27-,28-,29-,30-,31-,32-,33-,34-,35-,36-,37-,40-,41-/m1/s1. The first-order valence-corrected chi connectivity index (χ1v) is 27.6. The van der Waals surface area contributed by atoms with E-state index in [4.69, 9.17) is 51.7 Å². The Bertz CT molecular complexity index is 2280. The van der Waals surface area contributed by atoms with Gasteiger partial charge in [0.2, 0.25) is 11.8 Å². The Morgan fingerprint density at radius 2 is 1.12 bits per heavy atom. The van der Waals surface area contributed by atoms with E-state index in [9.17, 15) is 129 Å². The van der Waals surface area contributed by atoms with Crippen molar-refractivity contribution in [2.24, 2.45) is 0 Å². The van der Waals surface area contributed by atoms with Gasteiger partial charge in [-0.3, -0.25) is 33.0 Å². The number of carboxylic acid groups (broad SMARTS) is 2. The van der Waals surface area contributed by atoms with Crippen molar-refractivity contribution < 1.29 is 185 Å². The summed E-state index contributed by atoms with van der Waals surface area (Å²) in [5.41, 5.74) is 0. The molecular weight excluding hydrogens is 1190 g/mol. The van der Waals surface area contributed by atoms with Crippen molar-refractivity contribution in [1.82, 2.24) is 10.6 Å². The zero-order valence-electron chi connectivity index (χ0n) is 42.9. The summed E-state index contributed by atoms with van der Waals surface area (Å²) >= 11 is 0. The number of aliphatic hydroxyl groups excluding tert-OH is 11. The fourth-order valence-electron chi connectivity index (χ4n) is 8.78. The lowest BCUT2D eigenvalue weighted by Gasteiger charge is -2.50. The molecule has 0 radical (unpaired) electrons. The van der Waals surface area contributed by atoms with Crippen LogP contribution in [0, 0.1) is 0 Å². The molecule has 0 spiro atoms. The van der Waals surface area contributed by atoms with Crippen LogP contribution >= 0.6 is 15.6 Å². The lowest BCUT2D eigenvalue weighted by molar-refractivity contribution is -0.378. The van der Waals surface area contributed by atoms with Crippen LogP contribution < -0.4 is 10.6 Å². The number of ether oxygens (including phenoxy) is 10. The van der Waals surface area contributed by atoms with Crippen LogP contribution in [-0.4, -0.2) is 303 Å². The number of aliphatic hydroxyl groups is 11. The Labute approximate surface area is 466 Å². The number of rotatable bonds is 32. The van der Waals surface area contributed by atoms with Crippen LogP contribution in [0.1, 0.15) is 38.5 Å². The fraction of sp³-hybridized carbons (Fsp3) is 0.829. The monoisotopic (exact) mass is 1260 g/mol. The average molecular weight is 1260 g/mol. The van der Waals surface area contributed by atoms with Gasteiger partial charge in [0, 0.05) is 19.3 Å². The van der Waals surface area contributed by atoms with E-state index in [1.807, 2.05) is 0 Å². The molecule has 4 aliphatic rings. The van der Waals surface area contributed by atoms with Crippen LogP contribution in [-0.2, 0) is 99.1 Å². The minimum absolute atomic E-state index is 0.0854. The highest BCUT2D eigenvalue weighted by Crippen LogP contribution is 2.45. The molecule has 0 bridgehead atoms. The number of amides is 2. The van der Waals surface area contributed by atoms with Crippen molar-refractivity contribution >= 4 is 57.8 Å². The minimum atomic E-state index is -6.01. The van der Waals surface area contributed by atoms with E-state index in [2.05, 4.69) is 15.4 Å². The average Bonchev–Trinajstić information content (AvgIpc) is 3.58. The number of phosphoric ester groups is 2. The number of carbonyl (C=O) groups is 7. The van der Waals surface area contributed by atoms with Gasteiger partial charge in [-0.1, -0.05) is 0 Å². The predicted molar refractivity (Wildman–Crippen MR) is 249 cm³/mol. The normalized spacial score (nSPS) is 34.8. The number of phosphoric acid groups is 2. The predicted octanol–water partition coefficient (Wildman–Crippen LogP) is -10.8. The minimum Gasteiger partial charge on any atom is -0.477 e. The molecule has 0 aromatic rings. The number of carbonyl (C=O) groups excluding carboxylic acids is 5. The second-order valence-electron chi connectivity index (χ2n) is 18.5. The van der Waals surface area contributed by atoms with Gasteiger partial charge in [-0.2, -0.15) is 0 Å². The van der Waals surface area contributed by atoms with Gasteiger partial charge in [0.1, 0.15) is 73.1 Å². The number of nitrogens with one attached hydrogen (secondary N) is 2. The maximum atomic E-state index is 13.5. The van der Waals surface area contributed by atoms with Gasteiger partial charge in [0.25, 0.3) is 18.0 Å². The fourth-order valence-corrected chi connectivity index (χ4v) is 9.80. The van der Waals surface area contributed by atoms with E-state index in [0.717, 1.165) is 0 Å². The highest BCUT2D eigenvalue weighted by Gasteiger charge is 2.62. The Morgan fingerprint density at radius 3 is 1.64 bits per heavy atom. The lowest BCUT2D eigenvalue weighted by atomic mass is 9.90. The van der Waals surface area contributed by atoms with Crippen LogP contribution in [0.15, 0.2) is 0 Å². The molecule has 0 unspecified atom stereocenters. The smallest absolute Gasteiger partial charge is 0.472 e. The van der Waals surface area contributed by atoms with Gasteiger partial charge in [0.15, 0.2) is 24.8 Å². The molecule has 478 valence electrons. The number of esters is 2. The third-order valence-electron chi connectivity index (χ3n) is 12.6. The van der Waals surface area contributed by atoms with Gasteiger partial charge >= 0.3 is 39.5 Å². The summed E-state index contributed by atoms with van der Waals surface area (Å²) in [5.74, 6) is -16.4. The molecule has 40 nitrogen and oxygen atoms in total. The highest BCUT2D eigenvalue weighted by molar-refractivity contribution is 7.46. The van der Waals surface area contributed by atoms with Crippen molar-refractivity contribution in [2.75, 3.05) is 52.9 Å². The number of hydrogen-bond donors (Lipinski definition) is 19. The van der Waals surface area contributed by atoms with Crippen molar-refractivity contribution in [1.29, 1.82) is 0 Å². The largest absolute Gasteiger partial charge is 0.477 e. The summed E-state index contributed by atoms with van der Waals surface area (Å²) in [6.07, 6.45) is -43.3. The maximum absolute atomic E-state index is 13.5. The third kappa shape index (κ3) is 19.4.